The average Bonchev–Trinajstić information content (AvgIpc) is 2.52. The van der Waals surface area contributed by atoms with Crippen LogP contribution in [0.25, 0.3) is 0 Å². The van der Waals surface area contributed by atoms with Crippen molar-refractivity contribution in [2.24, 2.45) is 5.92 Å². The van der Waals surface area contributed by atoms with Gasteiger partial charge in [-0.25, -0.2) is 0 Å². The number of rotatable bonds is 17. The van der Waals surface area contributed by atoms with Crippen molar-refractivity contribution in [3.8, 4) is 0 Å². The van der Waals surface area contributed by atoms with Gasteiger partial charge in [0.25, 0.3) is 0 Å². The SMILES string of the molecule is CCCCCCCCCCCCCC(C)CCCC=CCO. The van der Waals surface area contributed by atoms with Crippen LogP contribution < -0.4 is 0 Å². The van der Waals surface area contributed by atoms with Crippen LogP contribution in [0.15, 0.2) is 12.2 Å². The largest absolute Gasteiger partial charge is 0.392 e. The molecule has 0 aromatic carbocycles. The molecule has 1 heteroatoms. The molecule has 0 amide bonds. The minimum absolute atomic E-state index is 0.189. The maximum atomic E-state index is 8.66. The summed E-state index contributed by atoms with van der Waals surface area (Å²) >= 11 is 0. The smallest absolute Gasteiger partial charge is 0.0612 e. The molecule has 0 saturated heterocycles. The number of unbranched alkanes of at least 4 members (excludes halogenated alkanes) is 11. The Morgan fingerprint density at radius 3 is 1.73 bits per heavy atom. The maximum Gasteiger partial charge on any atom is 0.0612 e. The second kappa shape index (κ2) is 18.7. The summed E-state index contributed by atoms with van der Waals surface area (Å²) in [6.45, 7) is 4.87. The van der Waals surface area contributed by atoms with Crippen LogP contribution in [0, 0.1) is 5.92 Å². The monoisotopic (exact) mass is 310 g/mol. The van der Waals surface area contributed by atoms with Crippen LogP contribution in [-0.4, -0.2) is 11.7 Å². The van der Waals surface area contributed by atoms with E-state index in [4.69, 9.17) is 5.11 Å². The topological polar surface area (TPSA) is 20.2 Å². The van der Waals surface area contributed by atoms with Crippen LogP contribution in [0.5, 0.6) is 0 Å². The first-order valence-corrected chi connectivity index (χ1v) is 10.1. The zero-order valence-corrected chi connectivity index (χ0v) is 15.5. The Hall–Kier alpha value is -0.300. The van der Waals surface area contributed by atoms with E-state index in [1.54, 1.807) is 0 Å². The number of hydrogen-bond donors (Lipinski definition) is 1. The number of aliphatic hydroxyl groups is 1. The third-order valence-corrected chi connectivity index (χ3v) is 4.64. The molecular weight excluding hydrogens is 268 g/mol. The van der Waals surface area contributed by atoms with Crippen LogP contribution in [0.4, 0.5) is 0 Å². The fraction of sp³-hybridized carbons (Fsp3) is 0.905. The molecule has 1 unspecified atom stereocenters. The van der Waals surface area contributed by atoms with Crippen molar-refractivity contribution >= 4 is 0 Å². The van der Waals surface area contributed by atoms with Crippen LogP contribution >= 0.6 is 0 Å². The predicted octanol–water partition coefficient (Wildman–Crippen LogP) is 7.04. The number of hydrogen-bond acceptors (Lipinski definition) is 1. The quantitative estimate of drug-likeness (QED) is 0.225. The van der Waals surface area contributed by atoms with Gasteiger partial charge in [-0.2, -0.15) is 0 Å². The molecule has 1 atom stereocenters. The van der Waals surface area contributed by atoms with E-state index >= 15 is 0 Å². The van der Waals surface area contributed by atoms with Crippen LogP contribution in [-0.2, 0) is 0 Å². The van der Waals surface area contributed by atoms with E-state index in [0.717, 1.165) is 12.3 Å². The maximum absolute atomic E-state index is 8.66. The third kappa shape index (κ3) is 17.8. The van der Waals surface area contributed by atoms with Crippen molar-refractivity contribution < 1.29 is 5.11 Å². The van der Waals surface area contributed by atoms with Gasteiger partial charge in [0.2, 0.25) is 0 Å². The summed E-state index contributed by atoms with van der Waals surface area (Å²) in [5.41, 5.74) is 0. The number of allylic oxidation sites excluding steroid dienone is 1. The summed E-state index contributed by atoms with van der Waals surface area (Å²) in [6, 6.07) is 0. The van der Waals surface area contributed by atoms with Gasteiger partial charge < -0.3 is 5.11 Å². The molecule has 0 aliphatic rings. The standard InChI is InChI=1S/C21H42O/c1-3-4-5-6-7-8-9-10-11-12-15-18-21(2)19-16-13-14-17-20-22/h14,17,21-22H,3-13,15-16,18-20H2,1-2H3. The van der Waals surface area contributed by atoms with Crippen molar-refractivity contribution in [3.63, 3.8) is 0 Å². The van der Waals surface area contributed by atoms with Crippen molar-refractivity contribution in [3.05, 3.63) is 12.2 Å². The summed E-state index contributed by atoms with van der Waals surface area (Å²) in [7, 11) is 0. The van der Waals surface area contributed by atoms with Gasteiger partial charge in [-0.3, -0.25) is 0 Å². The highest BCUT2D eigenvalue weighted by molar-refractivity contribution is 4.80. The minimum atomic E-state index is 0.189. The summed E-state index contributed by atoms with van der Waals surface area (Å²) in [4.78, 5) is 0. The first-order valence-electron chi connectivity index (χ1n) is 10.1. The van der Waals surface area contributed by atoms with Crippen LogP contribution in [0.3, 0.4) is 0 Å². The molecule has 0 heterocycles. The number of aliphatic hydroxyl groups excluding tert-OH is 1. The van der Waals surface area contributed by atoms with Gasteiger partial charge in [-0.05, 0) is 18.8 Å². The molecular formula is C21H42O. The average molecular weight is 311 g/mol. The molecule has 22 heavy (non-hydrogen) atoms. The fourth-order valence-corrected chi connectivity index (χ4v) is 3.08. The van der Waals surface area contributed by atoms with Gasteiger partial charge in [0.15, 0.2) is 0 Å². The van der Waals surface area contributed by atoms with Crippen molar-refractivity contribution in [2.75, 3.05) is 6.61 Å². The molecule has 0 aliphatic carbocycles. The van der Waals surface area contributed by atoms with Gasteiger partial charge in [-0.15, -0.1) is 0 Å². The Morgan fingerprint density at radius 2 is 1.18 bits per heavy atom. The molecule has 0 bridgehead atoms. The second-order valence-corrected chi connectivity index (χ2v) is 7.01. The highest BCUT2D eigenvalue weighted by Crippen LogP contribution is 2.17. The Morgan fingerprint density at radius 1 is 0.682 bits per heavy atom. The zero-order valence-electron chi connectivity index (χ0n) is 15.5. The van der Waals surface area contributed by atoms with E-state index in [0.29, 0.717) is 0 Å². The van der Waals surface area contributed by atoms with Crippen molar-refractivity contribution in [2.45, 2.75) is 110 Å². The highest BCUT2D eigenvalue weighted by atomic mass is 16.2. The lowest BCUT2D eigenvalue weighted by Crippen LogP contribution is -1.94. The van der Waals surface area contributed by atoms with Crippen LogP contribution in [0.1, 0.15) is 110 Å². The van der Waals surface area contributed by atoms with Gasteiger partial charge in [0, 0.05) is 0 Å². The van der Waals surface area contributed by atoms with Gasteiger partial charge in [0.1, 0.15) is 0 Å². The van der Waals surface area contributed by atoms with E-state index in [2.05, 4.69) is 19.9 Å². The predicted molar refractivity (Wildman–Crippen MR) is 100 cm³/mol. The van der Waals surface area contributed by atoms with E-state index in [1.165, 1.54) is 89.9 Å². The molecule has 0 aliphatic heterocycles. The zero-order chi connectivity index (χ0) is 16.3. The fourth-order valence-electron chi connectivity index (χ4n) is 3.08. The highest BCUT2D eigenvalue weighted by Gasteiger charge is 2.01. The second-order valence-electron chi connectivity index (χ2n) is 7.01. The molecule has 132 valence electrons. The Balaban J connectivity index is 3.13. The molecule has 0 rings (SSSR count). The first-order chi connectivity index (χ1) is 10.8. The van der Waals surface area contributed by atoms with E-state index < -0.39 is 0 Å². The summed E-state index contributed by atoms with van der Waals surface area (Å²) in [6.07, 6.45) is 24.9. The van der Waals surface area contributed by atoms with Gasteiger partial charge in [-0.1, -0.05) is 109 Å². The summed E-state index contributed by atoms with van der Waals surface area (Å²) in [5, 5.41) is 8.66. The third-order valence-electron chi connectivity index (χ3n) is 4.64. The van der Waals surface area contributed by atoms with E-state index in [1.807, 2.05) is 6.08 Å². The molecule has 0 spiro atoms. The molecule has 0 radical (unpaired) electrons. The van der Waals surface area contributed by atoms with Gasteiger partial charge >= 0.3 is 0 Å². The molecule has 0 fully saturated rings. The lowest BCUT2D eigenvalue weighted by Gasteiger charge is -2.10. The molecule has 0 aromatic rings. The lowest BCUT2D eigenvalue weighted by atomic mass is 9.96. The van der Waals surface area contributed by atoms with E-state index in [9.17, 15) is 0 Å². The minimum Gasteiger partial charge on any atom is -0.392 e. The summed E-state index contributed by atoms with van der Waals surface area (Å²) < 4.78 is 0. The Kier molecular flexibility index (Phi) is 18.5. The Bertz CT molecular complexity index is 222. The van der Waals surface area contributed by atoms with Crippen LogP contribution in [0.2, 0.25) is 0 Å². The van der Waals surface area contributed by atoms with Crippen molar-refractivity contribution in [1.82, 2.24) is 0 Å². The molecule has 0 aromatic heterocycles. The molecule has 0 saturated carbocycles. The normalized spacial score (nSPS) is 13.0. The lowest BCUT2D eigenvalue weighted by molar-refractivity contribution is 0.342. The first kappa shape index (κ1) is 21.7. The summed E-state index contributed by atoms with van der Waals surface area (Å²) in [5.74, 6) is 0.876. The molecule has 1 nitrogen and oxygen atoms in total. The Labute approximate surface area is 140 Å². The van der Waals surface area contributed by atoms with Crippen molar-refractivity contribution in [1.29, 1.82) is 0 Å². The van der Waals surface area contributed by atoms with Gasteiger partial charge in [0.05, 0.1) is 6.61 Å². The van der Waals surface area contributed by atoms with E-state index in [-0.39, 0.29) is 6.61 Å². The molecule has 1 N–H and O–H groups in total.